The van der Waals surface area contributed by atoms with Crippen molar-refractivity contribution in [1.82, 2.24) is 15.5 Å². The van der Waals surface area contributed by atoms with E-state index in [1.54, 1.807) is 0 Å². The number of nitrogens with zero attached hydrogens (tertiary/aromatic N) is 2. The molecule has 0 saturated heterocycles. The van der Waals surface area contributed by atoms with Crippen molar-refractivity contribution in [3.05, 3.63) is 71.0 Å². The van der Waals surface area contributed by atoms with Crippen LogP contribution in [0.2, 0.25) is 0 Å². The molecule has 130 valence electrons. The Bertz CT molecular complexity index is 817. The van der Waals surface area contributed by atoms with Gasteiger partial charge in [-0.2, -0.15) is 4.98 Å². The highest BCUT2D eigenvalue weighted by atomic mass is 35.5. The Morgan fingerprint density at radius 3 is 2.56 bits per heavy atom. The maximum absolute atomic E-state index is 5.48. The summed E-state index contributed by atoms with van der Waals surface area (Å²) in [4.78, 5) is 4.57. The number of benzene rings is 2. The van der Waals surface area contributed by atoms with Gasteiger partial charge in [0.05, 0.1) is 0 Å². The molecule has 0 radical (unpaired) electrons. The number of halogens is 1. The number of nitrogens with one attached hydrogen (secondary N) is 1. The van der Waals surface area contributed by atoms with Gasteiger partial charge in [-0.1, -0.05) is 41.6 Å². The van der Waals surface area contributed by atoms with Crippen molar-refractivity contribution in [2.75, 3.05) is 13.1 Å². The lowest BCUT2D eigenvalue weighted by atomic mass is 10.00. The molecule has 0 aliphatic carbocycles. The van der Waals surface area contributed by atoms with E-state index in [9.17, 15) is 0 Å². The maximum atomic E-state index is 5.48. The van der Waals surface area contributed by atoms with E-state index in [4.69, 9.17) is 4.52 Å². The van der Waals surface area contributed by atoms with Crippen LogP contribution in [-0.2, 0) is 25.7 Å². The molecule has 0 fully saturated rings. The maximum Gasteiger partial charge on any atom is 0.257 e. The van der Waals surface area contributed by atoms with E-state index in [2.05, 4.69) is 57.9 Å². The Morgan fingerprint density at radius 1 is 0.920 bits per heavy atom. The molecule has 4 nitrogen and oxygen atoms in total. The van der Waals surface area contributed by atoms with Gasteiger partial charge in [-0.15, -0.1) is 12.4 Å². The first kappa shape index (κ1) is 17.6. The van der Waals surface area contributed by atoms with Crippen LogP contribution in [0.15, 0.2) is 53.1 Å². The fourth-order valence-electron chi connectivity index (χ4n) is 3.18. The van der Waals surface area contributed by atoms with Gasteiger partial charge in [-0.05, 0) is 61.2 Å². The summed E-state index contributed by atoms with van der Waals surface area (Å²) in [6.45, 7) is 2.08. The molecule has 3 aromatic rings. The summed E-state index contributed by atoms with van der Waals surface area (Å²) < 4.78 is 5.48. The molecule has 2 aromatic carbocycles. The van der Waals surface area contributed by atoms with E-state index in [1.807, 2.05) is 6.07 Å². The molecule has 0 saturated carbocycles. The fourth-order valence-corrected chi connectivity index (χ4v) is 3.18. The number of fused-ring (bicyclic) bond motifs is 1. The third-order valence-electron chi connectivity index (χ3n) is 4.54. The van der Waals surface area contributed by atoms with Crippen LogP contribution in [-0.4, -0.2) is 23.2 Å². The number of hydrogen-bond acceptors (Lipinski definition) is 4. The van der Waals surface area contributed by atoms with Gasteiger partial charge in [-0.25, -0.2) is 0 Å². The number of rotatable bonds is 4. The van der Waals surface area contributed by atoms with E-state index < -0.39 is 0 Å². The third-order valence-corrected chi connectivity index (χ3v) is 4.54. The van der Waals surface area contributed by atoms with Crippen molar-refractivity contribution in [2.24, 2.45) is 0 Å². The summed E-state index contributed by atoms with van der Waals surface area (Å²) in [6, 6.07) is 16.9. The highest BCUT2D eigenvalue weighted by molar-refractivity contribution is 5.85. The zero-order valence-electron chi connectivity index (χ0n) is 14.1. The monoisotopic (exact) mass is 355 g/mol. The average Bonchev–Trinajstić information content (AvgIpc) is 2.98. The summed E-state index contributed by atoms with van der Waals surface area (Å²) in [5, 5.41) is 7.58. The molecule has 0 spiro atoms. The molecule has 4 rings (SSSR count). The minimum atomic E-state index is 0. The molecule has 0 unspecified atom stereocenters. The quantitative estimate of drug-likeness (QED) is 0.776. The Kier molecular flexibility index (Phi) is 5.84. The Balaban J connectivity index is 0.00000182. The lowest BCUT2D eigenvalue weighted by Gasteiger charge is -2.05. The highest BCUT2D eigenvalue weighted by Crippen LogP contribution is 2.23. The average molecular weight is 356 g/mol. The first-order valence-corrected chi connectivity index (χ1v) is 8.58. The molecule has 1 aliphatic rings. The van der Waals surface area contributed by atoms with Crippen LogP contribution in [0.3, 0.4) is 0 Å². The topological polar surface area (TPSA) is 51.0 Å². The normalized spacial score (nSPS) is 13.6. The number of aryl methyl sites for hydroxylation is 2. The van der Waals surface area contributed by atoms with E-state index >= 15 is 0 Å². The Morgan fingerprint density at radius 2 is 1.72 bits per heavy atom. The minimum Gasteiger partial charge on any atom is -0.334 e. The van der Waals surface area contributed by atoms with Crippen molar-refractivity contribution in [2.45, 2.75) is 25.7 Å². The van der Waals surface area contributed by atoms with Crippen LogP contribution in [0, 0.1) is 0 Å². The van der Waals surface area contributed by atoms with E-state index in [1.165, 1.54) is 16.7 Å². The first-order chi connectivity index (χ1) is 11.9. The lowest BCUT2D eigenvalue weighted by Crippen LogP contribution is -2.16. The van der Waals surface area contributed by atoms with Gasteiger partial charge < -0.3 is 9.84 Å². The SMILES string of the molecule is Cl.c1ccc(CCc2noc(-c3ccc4c(c3)CCNCC4)n2)cc1. The van der Waals surface area contributed by atoms with Gasteiger partial charge in [0.2, 0.25) is 0 Å². The molecule has 0 atom stereocenters. The largest absolute Gasteiger partial charge is 0.334 e. The van der Waals surface area contributed by atoms with Crippen LogP contribution >= 0.6 is 12.4 Å². The fraction of sp³-hybridized carbons (Fsp3) is 0.300. The van der Waals surface area contributed by atoms with Crippen LogP contribution in [0.1, 0.15) is 22.5 Å². The zero-order valence-corrected chi connectivity index (χ0v) is 14.9. The Hall–Kier alpha value is -2.17. The van der Waals surface area contributed by atoms with E-state index in [-0.39, 0.29) is 12.4 Å². The number of hydrogen-bond donors (Lipinski definition) is 1. The van der Waals surface area contributed by atoms with Crippen LogP contribution in [0.5, 0.6) is 0 Å². The summed E-state index contributed by atoms with van der Waals surface area (Å²) in [5.74, 6) is 1.39. The van der Waals surface area contributed by atoms with Gasteiger partial charge in [0.1, 0.15) is 0 Å². The molecule has 1 N–H and O–H groups in total. The molecule has 25 heavy (non-hydrogen) atoms. The van der Waals surface area contributed by atoms with Crippen molar-refractivity contribution in [3.8, 4) is 11.5 Å². The molecular formula is C20H22ClN3O. The molecule has 2 heterocycles. The predicted octanol–water partition coefficient (Wildman–Crippen LogP) is 3.63. The van der Waals surface area contributed by atoms with Crippen LogP contribution < -0.4 is 5.32 Å². The van der Waals surface area contributed by atoms with Gasteiger partial charge in [0.15, 0.2) is 5.82 Å². The van der Waals surface area contributed by atoms with Gasteiger partial charge in [0, 0.05) is 12.0 Å². The first-order valence-electron chi connectivity index (χ1n) is 8.58. The zero-order chi connectivity index (χ0) is 16.2. The van der Waals surface area contributed by atoms with Crippen molar-refractivity contribution >= 4 is 12.4 Å². The minimum absolute atomic E-state index is 0. The molecule has 0 bridgehead atoms. The standard InChI is InChI=1S/C20H21N3O.ClH/c1-2-4-15(5-3-1)6-9-19-22-20(24-23-19)18-8-7-16-10-12-21-13-11-17(16)14-18;/h1-5,7-8,14,21H,6,9-13H2;1H. The van der Waals surface area contributed by atoms with Gasteiger partial charge in [0.25, 0.3) is 5.89 Å². The second-order valence-corrected chi connectivity index (χ2v) is 6.23. The lowest BCUT2D eigenvalue weighted by molar-refractivity contribution is 0.422. The van der Waals surface area contributed by atoms with E-state index in [0.717, 1.165) is 50.2 Å². The van der Waals surface area contributed by atoms with Gasteiger partial charge >= 0.3 is 0 Å². The highest BCUT2D eigenvalue weighted by Gasteiger charge is 2.13. The van der Waals surface area contributed by atoms with Crippen LogP contribution in [0.4, 0.5) is 0 Å². The second kappa shape index (κ2) is 8.28. The molecule has 1 aromatic heterocycles. The number of aromatic nitrogens is 2. The summed E-state index contributed by atoms with van der Waals surface area (Å²) in [6.07, 6.45) is 3.86. The molecular weight excluding hydrogens is 334 g/mol. The van der Waals surface area contributed by atoms with Crippen molar-refractivity contribution < 1.29 is 4.52 Å². The molecule has 5 heteroatoms. The predicted molar refractivity (Wildman–Crippen MR) is 101 cm³/mol. The summed E-state index contributed by atoms with van der Waals surface area (Å²) in [5.41, 5.74) is 5.13. The second-order valence-electron chi connectivity index (χ2n) is 6.23. The third kappa shape index (κ3) is 4.27. The molecule has 1 aliphatic heterocycles. The smallest absolute Gasteiger partial charge is 0.257 e. The summed E-state index contributed by atoms with van der Waals surface area (Å²) in [7, 11) is 0. The summed E-state index contributed by atoms with van der Waals surface area (Å²) >= 11 is 0. The van der Waals surface area contributed by atoms with Crippen molar-refractivity contribution in [3.63, 3.8) is 0 Å². The van der Waals surface area contributed by atoms with Crippen molar-refractivity contribution in [1.29, 1.82) is 0 Å². The van der Waals surface area contributed by atoms with Crippen LogP contribution in [0.25, 0.3) is 11.5 Å². The Labute approximate surface area is 154 Å². The van der Waals surface area contributed by atoms with E-state index in [0.29, 0.717) is 5.89 Å². The van der Waals surface area contributed by atoms with Gasteiger partial charge in [-0.3, -0.25) is 0 Å². The molecule has 0 amide bonds.